The van der Waals surface area contributed by atoms with Crippen LogP contribution in [-0.2, 0) is 16.1 Å². The lowest BCUT2D eigenvalue weighted by Crippen LogP contribution is -2.29. The number of ketones is 1. The summed E-state index contributed by atoms with van der Waals surface area (Å²) in [4.78, 5) is 29.1. The summed E-state index contributed by atoms with van der Waals surface area (Å²) in [6, 6.07) is 13.1. The molecule has 3 aromatic rings. The van der Waals surface area contributed by atoms with Crippen molar-refractivity contribution in [1.29, 1.82) is 0 Å². The van der Waals surface area contributed by atoms with Gasteiger partial charge >= 0.3 is 0 Å². The first kappa shape index (κ1) is 26.1. The number of amides is 1. The van der Waals surface area contributed by atoms with Gasteiger partial charge < -0.3 is 29.0 Å². The third-order valence-electron chi connectivity index (χ3n) is 5.93. The molecule has 0 bridgehead atoms. The van der Waals surface area contributed by atoms with Crippen molar-refractivity contribution in [3.8, 4) is 23.0 Å². The number of carbonyl (C=O) groups is 2. The summed E-state index contributed by atoms with van der Waals surface area (Å²) >= 11 is 1.48. The maximum atomic E-state index is 13.4. The van der Waals surface area contributed by atoms with Gasteiger partial charge in [0.2, 0.25) is 5.75 Å². The maximum Gasteiger partial charge on any atom is 0.295 e. The lowest BCUT2D eigenvalue weighted by atomic mass is 9.94. The summed E-state index contributed by atoms with van der Waals surface area (Å²) in [6.07, 6.45) is -0.0759. The van der Waals surface area contributed by atoms with Gasteiger partial charge in [0, 0.05) is 10.4 Å². The van der Waals surface area contributed by atoms with Gasteiger partial charge in [-0.1, -0.05) is 18.2 Å². The first-order valence-corrected chi connectivity index (χ1v) is 12.5. The second kappa shape index (κ2) is 11.0. The average molecular weight is 524 g/mol. The van der Waals surface area contributed by atoms with Crippen LogP contribution >= 0.6 is 11.3 Å². The lowest BCUT2D eigenvalue weighted by molar-refractivity contribution is -0.140. The van der Waals surface area contributed by atoms with Crippen molar-refractivity contribution in [2.75, 3.05) is 21.3 Å². The number of aliphatic hydroxyl groups excluding tert-OH is 1. The largest absolute Gasteiger partial charge is 0.507 e. The highest BCUT2D eigenvalue weighted by Gasteiger charge is 2.46. The number of carbonyl (C=O) groups excluding carboxylic acids is 2. The van der Waals surface area contributed by atoms with Crippen LogP contribution in [0.5, 0.6) is 23.0 Å². The molecule has 1 atom stereocenters. The molecule has 1 unspecified atom stereocenters. The maximum absolute atomic E-state index is 13.4. The van der Waals surface area contributed by atoms with Crippen LogP contribution < -0.4 is 18.9 Å². The van der Waals surface area contributed by atoms with Crippen LogP contribution in [0, 0.1) is 0 Å². The van der Waals surface area contributed by atoms with Crippen molar-refractivity contribution in [3.63, 3.8) is 0 Å². The molecule has 0 aliphatic carbocycles. The molecule has 0 saturated carbocycles. The zero-order valence-electron chi connectivity index (χ0n) is 21.3. The molecule has 194 valence electrons. The molecule has 1 N–H and O–H groups in total. The summed E-state index contributed by atoms with van der Waals surface area (Å²) < 4.78 is 22.3. The molecule has 1 aliphatic heterocycles. The molecule has 8 nitrogen and oxygen atoms in total. The second-order valence-corrected chi connectivity index (χ2v) is 9.69. The van der Waals surface area contributed by atoms with E-state index < -0.39 is 17.7 Å². The summed E-state index contributed by atoms with van der Waals surface area (Å²) in [7, 11) is 4.48. The number of methoxy groups -OCH3 is 3. The van der Waals surface area contributed by atoms with Crippen molar-refractivity contribution in [3.05, 3.63) is 75.5 Å². The molecule has 37 heavy (non-hydrogen) atoms. The number of benzene rings is 2. The Hall–Kier alpha value is -3.98. The monoisotopic (exact) mass is 523 g/mol. The molecule has 2 aromatic carbocycles. The topological polar surface area (TPSA) is 94.5 Å². The third kappa shape index (κ3) is 5.13. The number of ether oxygens (including phenoxy) is 4. The van der Waals surface area contributed by atoms with Crippen LogP contribution in [0.3, 0.4) is 0 Å². The first-order valence-electron chi connectivity index (χ1n) is 11.7. The molecule has 1 saturated heterocycles. The van der Waals surface area contributed by atoms with Crippen LogP contribution in [0.25, 0.3) is 5.76 Å². The van der Waals surface area contributed by atoms with E-state index in [-0.39, 0.29) is 24.0 Å². The fourth-order valence-electron chi connectivity index (χ4n) is 4.36. The Morgan fingerprint density at radius 3 is 2.27 bits per heavy atom. The van der Waals surface area contributed by atoms with Crippen LogP contribution in [-0.4, -0.2) is 49.1 Å². The third-order valence-corrected chi connectivity index (χ3v) is 6.79. The summed E-state index contributed by atoms with van der Waals surface area (Å²) in [6.45, 7) is 3.98. The number of aliphatic hydroxyl groups is 1. The predicted octanol–water partition coefficient (Wildman–Crippen LogP) is 5.18. The van der Waals surface area contributed by atoms with E-state index in [4.69, 9.17) is 18.9 Å². The molecule has 1 fully saturated rings. The number of rotatable bonds is 9. The molecule has 1 aromatic heterocycles. The fraction of sp³-hybridized carbons (Fsp3) is 0.286. The number of thiophene rings is 1. The molecule has 4 rings (SSSR count). The van der Waals surface area contributed by atoms with E-state index in [0.29, 0.717) is 34.1 Å². The Morgan fingerprint density at radius 2 is 1.70 bits per heavy atom. The van der Waals surface area contributed by atoms with E-state index in [0.717, 1.165) is 4.88 Å². The van der Waals surface area contributed by atoms with Crippen LogP contribution in [0.15, 0.2) is 59.5 Å². The van der Waals surface area contributed by atoms with Gasteiger partial charge in [-0.25, -0.2) is 0 Å². The van der Waals surface area contributed by atoms with Crippen molar-refractivity contribution >= 4 is 28.8 Å². The summed E-state index contributed by atoms with van der Waals surface area (Å²) in [5.41, 5.74) is 0.864. The van der Waals surface area contributed by atoms with Gasteiger partial charge in [-0.3, -0.25) is 9.59 Å². The quantitative estimate of drug-likeness (QED) is 0.235. The highest BCUT2D eigenvalue weighted by molar-refractivity contribution is 7.09. The Bertz CT molecular complexity index is 1310. The minimum Gasteiger partial charge on any atom is -0.507 e. The van der Waals surface area contributed by atoms with Crippen molar-refractivity contribution in [1.82, 2.24) is 4.90 Å². The Balaban J connectivity index is 1.92. The molecule has 1 amide bonds. The van der Waals surface area contributed by atoms with E-state index in [2.05, 4.69) is 0 Å². The van der Waals surface area contributed by atoms with E-state index >= 15 is 0 Å². The zero-order chi connectivity index (χ0) is 26.7. The highest BCUT2D eigenvalue weighted by Crippen LogP contribution is 2.46. The van der Waals surface area contributed by atoms with Crippen LogP contribution in [0.4, 0.5) is 0 Å². The zero-order valence-corrected chi connectivity index (χ0v) is 22.1. The van der Waals surface area contributed by atoms with Gasteiger partial charge in [0.1, 0.15) is 11.5 Å². The Labute approximate surface area is 219 Å². The molecular formula is C28H29NO7S. The molecule has 1 aliphatic rings. The van der Waals surface area contributed by atoms with Crippen molar-refractivity contribution < 1.29 is 33.6 Å². The van der Waals surface area contributed by atoms with Gasteiger partial charge in [-0.05, 0) is 55.1 Å². The lowest BCUT2D eigenvalue weighted by Gasteiger charge is -2.26. The summed E-state index contributed by atoms with van der Waals surface area (Å²) in [5.74, 6) is -0.123. The minimum absolute atomic E-state index is 0.0301. The van der Waals surface area contributed by atoms with E-state index in [9.17, 15) is 14.7 Å². The van der Waals surface area contributed by atoms with E-state index in [1.54, 1.807) is 36.4 Å². The standard InChI is InChI=1S/C28H29NO7S/c1-16(2)36-19-9-6-8-17(12-19)25(30)23-24(18-13-21(33-3)27(35-5)22(14-18)34-4)29(28(32)26(23)31)15-20-10-7-11-37-20/h6-14,16,24,30H,15H2,1-5H3/b25-23+. The molecule has 2 heterocycles. The normalized spacial score (nSPS) is 16.8. The molecular weight excluding hydrogens is 494 g/mol. The first-order chi connectivity index (χ1) is 17.8. The van der Waals surface area contributed by atoms with Gasteiger partial charge in [0.25, 0.3) is 11.7 Å². The van der Waals surface area contributed by atoms with Gasteiger partial charge in [-0.2, -0.15) is 0 Å². The number of Topliss-reactive ketones (excluding diaryl/α,β-unsaturated/α-hetero) is 1. The molecule has 0 spiro atoms. The number of hydrogen-bond donors (Lipinski definition) is 1. The minimum atomic E-state index is -0.898. The summed E-state index contributed by atoms with van der Waals surface area (Å²) in [5, 5.41) is 13.3. The molecule has 9 heteroatoms. The van der Waals surface area contributed by atoms with E-state index in [1.807, 2.05) is 31.4 Å². The number of likely N-dealkylation sites (tertiary alicyclic amines) is 1. The van der Waals surface area contributed by atoms with Crippen LogP contribution in [0.1, 0.15) is 35.9 Å². The predicted molar refractivity (Wildman–Crippen MR) is 140 cm³/mol. The second-order valence-electron chi connectivity index (χ2n) is 8.66. The fourth-order valence-corrected chi connectivity index (χ4v) is 5.07. The Kier molecular flexibility index (Phi) is 7.73. The smallest absolute Gasteiger partial charge is 0.295 e. The number of hydrogen-bond acceptors (Lipinski definition) is 8. The van der Waals surface area contributed by atoms with Gasteiger partial charge in [0.15, 0.2) is 11.5 Å². The highest BCUT2D eigenvalue weighted by atomic mass is 32.1. The Morgan fingerprint density at radius 1 is 1.00 bits per heavy atom. The van der Waals surface area contributed by atoms with Crippen molar-refractivity contribution in [2.24, 2.45) is 0 Å². The average Bonchev–Trinajstić information content (AvgIpc) is 3.49. The molecule has 0 radical (unpaired) electrons. The van der Waals surface area contributed by atoms with E-state index in [1.165, 1.54) is 37.6 Å². The number of nitrogens with zero attached hydrogens (tertiary/aromatic N) is 1. The SMILES string of the molecule is COc1cc(C2/C(=C(\O)c3cccc(OC(C)C)c3)C(=O)C(=O)N2Cc2cccs2)cc(OC)c1OC. The van der Waals surface area contributed by atoms with Gasteiger partial charge in [0.05, 0.1) is 45.6 Å². The van der Waals surface area contributed by atoms with Crippen molar-refractivity contribution in [2.45, 2.75) is 32.5 Å². The van der Waals surface area contributed by atoms with Crippen LogP contribution in [0.2, 0.25) is 0 Å². The van der Waals surface area contributed by atoms with Gasteiger partial charge in [-0.15, -0.1) is 11.3 Å².